The molecular weight excluding hydrogens is 579 g/mol. The number of aromatic nitrogens is 7. The number of carbonyl (C=O) groups excluding carboxylic acids is 1. The highest BCUT2D eigenvalue weighted by atomic mass is 35.5. The maximum Gasteiger partial charge on any atom is 0.420 e. The summed E-state index contributed by atoms with van der Waals surface area (Å²) in [5.74, 6) is 0.195. The molecule has 1 fully saturated rings. The monoisotopic (exact) mass is 603 g/mol. The number of nitrogens with one attached hydrogen (secondary N) is 3. The van der Waals surface area contributed by atoms with Gasteiger partial charge in [-0.05, 0) is 38.7 Å². The average Bonchev–Trinajstić information content (AvgIpc) is 3.28. The van der Waals surface area contributed by atoms with Crippen LogP contribution in [0.2, 0.25) is 5.02 Å². The van der Waals surface area contributed by atoms with Crippen LogP contribution >= 0.6 is 11.6 Å². The van der Waals surface area contributed by atoms with Crippen LogP contribution in [-0.4, -0.2) is 52.9 Å². The van der Waals surface area contributed by atoms with E-state index in [-0.39, 0.29) is 40.2 Å². The number of hydrogen-bond acceptors (Lipinski definition) is 9. The number of aromatic amines is 1. The number of halogens is 4. The molecule has 0 aromatic carbocycles. The minimum atomic E-state index is -4.70. The van der Waals surface area contributed by atoms with E-state index in [4.69, 9.17) is 16.3 Å². The van der Waals surface area contributed by atoms with E-state index in [0.29, 0.717) is 48.8 Å². The summed E-state index contributed by atoms with van der Waals surface area (Å²) < 4.78 is 47.8. The molecule has 12 nitrogen and oxygen atoms in total. The van der Waals surface area contributed by atoms with Crippen molar-refractivity contribution in [2.45, 2.75) is 50.9 Å². The van der Waals surface area contributed by atoms with Gasteiger partial charge in [0.1, 0.15) is 23.1 Å². The van der Waals surface area contributed by atoms with Gasteiger partial charge in [0.25, 0.3) is 5.56 Å². The summed E-state index contributed by atoms with van der Waals surface area (Å²) in [7, 11) is 1.64. The van der Waals surface area contributed by atoms with E-state index in [9.17, 15) is 22.8 Å². The first-order chi connectivity index (χ1) is 20.0. The Morgan fingerprint density at radius 1 is 1.12 bits per heavy atom. The molecule has 0 unspecified atom stereocenters. The van der Waals surface area contributed by atoms with Gasteiger partial charge in [0.2, 0.25) is 5.95 Å². The van der Waals surface area contributed by atoms with Crippen molar-refractivity contribution in [3.8, 4) is 22.6 Å². The van der Waals surface area contributed by atoms with Gasteiger partial charge in [-0.2, -0.15) is 18.3 Å². The van der Waals surface area contributed by atoms with Crippen LogP contribution in [0.3, 0.4) is 0 Å². The fourth-order valence-corrected chi connectivity index (χ4v) is 4.63. The first-order valence-electron chi connectivity index (χ1n) is 12.9. The zero-order valence-electron chi connectivity index (χ0n) is 22.4. The van der Waals surface area contributed by atoms with E-state index in [1.54, 1.807) is 26.2 Å². The van der Waals surface area contributed by atoms with Crippen molar-refractivity contribution >= 4 is 29.5 Å². The number of aryl methyl sites for hydroxylation is 2. The third-order valence-corrected chi connectivity index (χ3v) is 7.22. The molecule has 0 bridgehead atoms. The smallest absolute Gasteiger partial charge is 0.420 e. The van der Waals surface area contributed by atoms with Crippen molar-refractivity contribution in [3.63, 3.8) is 0 Å². The normalized spacial score (nSPS) is 17.1. The van der Waals surface area contributed by atoms with Crippen LogP contribution in [0.15, 0.2) is 41.7 Å². The minimum Gasteiger partial charge on any atom is -0.446 e. The summed E-state index contributed by atoms with van der Waals surface area (Å²) in [4.78, 5) is 40.6. The lowest BCUT2D eigenvalue weighted by atomic mass is 9.93. The van der Waals surface area contributed by atoms with E-state index in [1.807, 2.05) is 0 Å². The van der Waals surface area contributed by atoms with Gasteiger partial charge >= 0.3 is 12.3 Å². The second-order valence-electron chi connectivity index (χ2n) is 9.76. The topological polar surface area (TPSA) is 153 Å². The lowest BCUT2D eigenvalue weighted by Crippen LogP contribution is -2.32. The molecule has 1 amide bonds. The summed E-state index contributed by atoms with van der Waals surface area (Å²) in [5.41, 5.74) is -0.273. The maximum absolute atomic E-state index is 13.6. The molecule has 5 rings (SSSR count). The second-order valence-corrected chi connectivity index (χ2v) is 10.1. The zero-order chi connectivity index (χ0) is 30.0. The number of hydrogen-bond donors (Lipinski definition) is 3. The third kappa shape index (κ3) is 6.51. The quantitative estimate of drug-likeness (QED) is 0.277. The standard InChI is InChI=1S/C26H25ClF3N9O3/c1-13-21(27)23(38-37-13)22-17(26(28,29)30)10-33-24(36-22)34-15-3-5-16(6-4-15)42-25(41)35-19-12-31-18(11-32-19)14-7-8-39(2)20(40)9-14/h7-12,15-16H,3-6H2,1-2H3,(H,37,38)(H,32,35,41)(H,33,34,36). The van der Waals surface area contributed by atoms with E-state index in [0.717, 1.165) is 0 Å². The predicted octanol–water partition coefficient (Wildman–Crippen LogP) is 4.97. The molecule has 1 aliphatic rings. The SMILES string of the molecule is Cc1[nH]nc(-c2nc(NC3CCC(OC(=O)Nc4cnc(-c5ccn(C)c(=O)c5)cn4)CC3)ncc2C(F)(F)F)c1Cl. The Hall–Kier alpha value is -4.53. The molecule has 220 valence electrons. The summed E-state index contributed by atoms with van der Waals surface area (Å²) in [6, 6.07) is 3.02. The highest BCUT2D eigenvalue weighted by molar-refractivity contribution is 6.33. The van der Waals surface area contributed by atoms with Crippen LogP contribution in [-0.2, 0) is 18.0 Å². The van der Waals surface area contributed by atoms with Crippen LogP contribution in [0.1, 0.15) is 36.9 Å². The molecule has 0 radical (unpaired) electrons. The van der Waals surface area contributed by atoms with Gasteiger partial charge < -0.3 is 14.6 Å². The van der Waals surface area contributed by atoms with Gasteiger partial charge in [0.05, 0.1) is 28.8 Å². The summed E-state index contributed by atoms with van der Waals surface area (Å²) >= 11 is 6.15. The molecule has 1 saturated carbocycles. The van der Waals surface area contributed by atoms with E-state index >= 15 is 0 Å². The number of ether oxygens (including phenoxy) is 1. The lowest BCUT2D eigenvalue weighted by molar-refractivity contribution is -0.137. The van der Waals surface area contributed by atoms with E-state index < -0.39 is 23.5 Å². The fourth-order valence-electron chi connectivity index (χ4n) is 4.45. The van der Waals surface area contributed by atoms with Crippen LogP contribution < -0.4 is 16.2 Å². The second kappa shape index (κ2) is 11.8. The van der Waals surface area contributed by atoms with Gasteiger partial charge in [0, 0.05) is 37.1 Å². The van der Waals surface area contributed by atoms with Crippen molar-refractivity contribution in [1.82, 2.24) is 34.7 Å². The highest BCUT2D eigenvalue weighted by Gasteiger charge is 2.37. The van der Waals surface area contributed by atoms with Gasteiger partial charge in [-0.3, -0.25) is 20.2 Å². The van der Waals surface area contributed by atoms with Crippen molar-refractivity contribution in [2.24, 2.45) is 7.05 Å². The third-order valence-electron chi connectivity index (χ3n) is 6.75. The first-order valence-corrected chi connectivity index (χ1v) is 13.2. The fraction of sp³-hybridized carbons (Fsp3) is 0.346. The number of anilines is 2. The highest BCUT2D eigenvalue weighted by Crippen LogP contribution is 2.38. The minimum absolute atomic E-state index is 0.00900. The summed E-state index contributed by atoms with van der Waals surface area (Å²) in [6.07, 6.45) is 1.52. The Morgan fingerprint density at radius 2 is 1.88 bits per heavy atom. The largest absolute Gasteiger partial charge is 0.446 e. The van der Waals surface area contributed by atoms with Crippen molar-refractivity contribution < 1.29 is 22.7 Å². The molecule has 4 heterocycles. The van der Waals surface area contributed by atoms with Crippen LogP contribution in [0.4, 0.5) is 29.7 Å². The molecule has 0 aliphatic heterocycles. The molecule has 42 heavy (non-hydrogen) atoms. The van der Waals surface area contributed by atoms with Crippen molar-refractivity contribution in [1.29, 1.82) is 0 Å². The number of amides is 1. The van der Waals surface area contributed by atoms with E-state index in [2.05, 4.69) is 40.8 Å². The average molecular weight is 604 g/mol. The van der Waals surface area contributed by atoms with Crippen LogP contribution in [0, 0.1) is 6.92 Å². The molecule has 16 heteroatoms. The molecule has 0 saturated heterocycles. The Labute approximate surface area is 241 Å². The summed E-state index contributed by atoms with van der Waals surface area (Å²) in [6.45, 7) is 1.59. The number of carbonyl (C=O) groups is 1. The van der Waals surface area contributed by atoms with Gasteiger partial charge in [-0.15, -0.1) is 0 Å². The van der Waals surface area contributed by atoms with Gasteiger partial charge in [-0.1, -0.05) is 11.6 Å². The van der Waals surface area contributed by atoms with Gasteiger partial charge in [0.15, 0.2) is 5.82 Å². The predicted molar refractivity (Wildman–Crippen MR) is 147 cm³/mol. The molecule has 0 atom stereocenters. The maximum atomic E-state index is 13.6. The number of nitrogens with zero attached hydrogens (tertiary/aromatic N) is 6. The molecule has 1 aliphatic carbocycles. The number of rotatable bonds is 6. The lowest BCUT2D eigenvalue weighted by Gasteiger charge is -2.29. The van der Waals surface area contributed by atoms with Gasteiger partial charge in [-0.25, -0.2) is 19.7 Å². The Balaban J connectivity index is 1.15. The van der Waals surface area contributed by atoms with Crippen LogP contribution in [0.25, 0.3) is 22.6 Å². The molecule has 3 N–H and O–H groups in total. The number of pyridine rings is 1. The first kappa shape index (κ1) is 29.0. The van der Waals surface area contributed by atoms with Crippen LogP contribution in [0.5, 0.6) is 0 Å². The van der Waals surface area contributed by atoms with Crippen molar-refractivity contribution in [3.05, 3.63) is 63.6 Å². The zero-order valence-corrected chi connectivity index (χ0v) is 23.1. The Bertz CT molecular complexity index is 1650. The van der Waals surface area contributed by atoms with Crippen molar-refractivity contribution in [2.75, 3.05) is 10.6 Å². The molecule has 4 aromatic heterocycles. The Kier molecular flexibility index (Phi) is 8.11. The number of alkyl halides is 3. The van der Waals surface area contributed by atoms with E-state index in [1.165, 1.54) is 23.0 Å². The Morgan fingerprint density at radius 3 is 2.50 bits per heavy atom. The summed E-state index contributed by atoms with van der Waals surface area (Å²) in [5, 5.41) is 12.1. The molecule has 4 aromatic rings. The molecular formula is C26H25ClF3N9O3. The number of H-pyrrole nitrogens is 1. The molecule has 0 spiro atoms.